The van der Waals surface area contributed by atoms with Crippen molar-refractivity contribution in [2.24, 2.45) is 16.0 Å². The highest BCUT2D eigenvalue weighted by molar-refractivity contribution is 7.92. The standard InChI is InChI=1S/C20H26N4O7S/c1-24(2)14-7-3-12(4-8-14)22-23-13-5-9-15(10-6-13)32(29,30)20(28)19(21)18(27)17(26)16(11-25)31-20/h3-10,16-19,25-28H,11,21H2,1-2H3/t16-,17-,18+,19-,20?/m1/s1. The van der Waals surface area contributed by atoms with Crippen LogP contribution in [0, 0.1) is 0 Å². The number of rotatable bonds is 6. The van der Waals surface area contributed by atoms with Gasteiger partial charge in [0.1, 0.15) is 24.4 Å². The second-order valence-electron chi connectivity index (χ2n) is 7.58. The number of aliphatic hydroxyl groups excluding tert-OH is 3. The molecule has 0 spiro atoms. The van der Waals surface area contributed by atoms with E-state index < -0.39 is 45.9 Å². The highest BCUT2D eigenvalue weighted by Gasteiger charge is 2.59. The van der Waals surface area contributed by atoms with Gasteiger partial charge in [0.25, 0.3) is 5.12 Å². The molecule has 12 heteroatoms. The minimum atomic E-state index is -4.66. The SMILES string of the molecule is CN(C)c1ccc(N=Nc2ccc(S(=O)(=O)C3(O)O[C@H](CO)[C@@H](O)[C@H](O)[C@H]3N)cc2)cc1. The van der Waals surface area contributed by atoms with Gasteiger partial charge in [-0.25, -0.2) is 8.42 Å². The molecule has 11 nitrogen and oxygen atoms in total. The van der Waals surface area contributed by atoms with Gasteiger partial charge in [0.05, 0.1) is 22.9 Å². The van der Waals surface area contributed by atoms with Gasteiger partial charge in [0, 0.05) is 19.8 Å². The summed E-state index contributed by atoms with van der Waals surface area (Å²) in [6, 6.07) is 10.5. The highest BCUT2D eigenvalue weighted by Crippen LogP contribution is 2.36. The van der Waals surface area contributed by atoms with Crippen LogP contribution in [0.2, 0.25) is 0 Å². The highest BCUT2D eigenvalue weighted by atomic mass is 32.2. The van der Waals surface area contributed by atoms with E-state index in [4.69, 9.17) is 10.5 Å². The number of nitrogens with zero attached hydrogens (tertiary/aromatic N) is 3. The molecule has 1 heterocycles. The number of sulfone groups is 1. The van der Waals surface area contributed by atoms with Gasteiger partial charge in [-0.3, -0.25) is 0 Å². The van der Waals surface area contributed by atoms with Crippen molar-refractivity contribution in [1.82, 2.24) is 0 Å². The summed E-state index contributed by atoms with van der Waals surface area (Å²) in [5, 5.41) is 45.0. The van der Waals surface area contributed by atoms with Crippen molar-refractivity contribution in [3.8, 4) is 0 Å². The Hall–Kier alpha value is -2.45. The van der Waals surface area contributed by atoms with Crippen molar-refractivity contribution in [3.63, 3.8) is 0 Å². The van der Waals surface area contributed by atoms with Crippen LogP contribution in [0.1, 0.15) is 0 Å². The Morgan fingerprint density at radius 2 is 1.50 bits per heavy atom. The monoisotopic (exact) mass is 466 g/mol. The molecule has 0 radical (unpaired) electrons. The molecule has 2 aromatic rings. The fourth-order valence-corrected chi connectivity index (χ4v) is 4.77. The predicted octanol–water partition coefficient (Wildman–Crippen LogP) is 0.0280. The second kappa shape index (κ2) is 9.19. The van der Waals surface area contributed by atoms with Gasteiger partial charge in [0.15, 0.2) is 0 Å². The number of benzene rings is 2. The number of hydrogen-bond acceptors (Lipinski definition) is 11. The minimum absolute atomic E-state index is 0.352. The van der Waals surface area contributed by atoms with Gasteiger partial charge >= 0.3 is 0 Å². The first-order valence-corrected chi connectivity index (χ1v) is 11.2. The van der Waals surface area contributed by atoms with Crippen LogP contribution in [0.25, 0.3) is 0 Å². The van der Waals surface area contributed by atoms with Gasteiger partial charge in [-0.05, 0) is 48.5 Å². The van der Waals surface area contributed by atoms with Crippen molar-refractivity contribution >= 4 is 26.9 Å². The number of aliphatic hydroxyl groups is 4. The van der Waals surface area contributed by atoms with Crippen LogP contribution in [0.4, 0.5) is 17.1 Å². The van der Waals surface area contributed by atoms with E-state index in [0.29, 0.717) is 11.4 Å². The first-order chi connectivity index (χ1) is 15.0. The van der Waals surface area contributed by atoms with E-state index in [9.17, 15) is 28.8 Å². The van der Waals surface area contributed by atoms with E-state index in [1.165, 1.54) is 24.3 Å². The second-order valence-corrected chi connectivity index (χ2v) is 9.65. The Labute approximate surface area is 185 Å². The molecule has 174 valence electrons. The molecule has 1 fully saturated rings. The quantitative estimate of drug-likeness (QED) is 0.367. The molecule has 0 aromatic heterocycles. The molecule has 0 aliphatic carbocycles. The summed E-state index contributed by atoms with van der Waals surface area (Å²) in [5.74, 6) is 0. The molecule has 1 aliphatic rings. The first-order valence-electron chi connectivity index (χ1n) is 9.68. The van der Waals surface area contributed by atoms with E-state index in [1.807, 2.05) is 31.1 Å². The van der Waals surface area contributed by atoms with Crippen LogP contribution in [-0.4, -0.2) is 79.0 Å². The zero-order valence-corrected chi connectivity index (χ0v) is 18.3. The van der Waals surface area contributed by atoms with Crippen molar-refractivity contribution in [1.29, 1.82) is 0 Å². The lowest BCUT2D eigenvalue weighted by atomic mass is 9.98. The Bertz CT molecular complexity index is 1060. The topological polar surface area (TPSA) is 178 Å². The molecule has 0 amide bonds. The zero-order chi connectivity index (χ0) is 23.7. The number of nitrogens with two attached hydrogens (primary N) is 1. The first kappa shape index (κ1) is 24.2. The minimum Gasteiger partial charge on any atom is -0.394 e. The Morgan fingerprint density at radius 1 is 1.00 bits per heavy atom. The number of azo groups is 1. The molecule has 2 aromatic carbocycles. The fraction of sp³-hybridized carbons (Fsp3) is 0.400. The molecule has 32 heavy (non-hydrogen) atoms. The third kappa shape index (κ3) is 4.38. The van der Waals surface area contributed by atoms with Crippen molar-refractivity contribution < 1.29 is 33.6 Å². The molecule has 1 unspecified atom stereocenters. The van der Waals surface area contributed by atoms with Gasteiger partial charge < -0.3 is 35.8 Å². The van der Waals surface area contributed by atoms with E-state index in [1.54, 1.807) is 12.1 Å². The van der Waals surface area contributed by atoms with Crippen molar-refractivity contribution in [2.75, 3.05) is 25.6 Å². The average molecular weight is 467 g/mol. The van der Waals surface area contributed by atoms with Crippen LogP contribution in [-0.2, 0) is 14.6 Å². The fourth-order valence-electron chi connectivity index (χ4n) is 3.19. The van der Waals surface area contributed by atoms with Crippen LogP contribution in [0.15, 0.2) is 63.7 Å². The Balaban J connectivity index is 1.82. The van der Waals surface area contributed by atoms with E-state index in [2.05, 4.69) is 10.2 Å². The van der Waals surface area contributed by atoms with E-state index >= 15 is 0 Å². The largest absolute Gasteiger partial charge is 0.394 e. The smallest absolute Gasteiger partial charge is 0.294 e. The Morgan fingerprint density at radius 3 is 1.97 bits per heavy atom. The summed E-state index contributed by atoms with van der Waals surface area (Å²) < 4.78 is 31.1. The van der Waals surface area contributed by atoms with Gasteiger partial charge in [0.2, 0.25) is 9.84 Å². The molecule has 3 rings (SSSR count). The van der Waals surface area contributed by atoms with Crippen molar-refractivity contribution in [2.45, 2.75) is 34.4 Å². The lowest BCUT2D eigenvalue weighted by molar-refractivity contribution is -0.272. The van der Waals surface area contributed by atoms with Crippen LogP contribution in [0.5, 0.6) is 0 Å². The summed E-state index contributed by atoms with van der Waals surface area (Å²) >= 11 is 0. The molecule has 0 saturated carbocycles. The Kier molecular flexibility index (Phi) is 6.95. The van der Waals surface area contributed by atoms with Crippen LogP contribution >= 0.6 is 0 Å². The summed E-state index contributed by atoms with van der Waals surface area (Å²) in [6.07, 6.45) is -5.05. The maximum Gasteiger partial charge on any atom is 0.294 e. The maximum absolute atomic E-state index is 13.0. The molecule has 1 saturated heterocycles. The van der Waals surface area contributed by atoms with Crippen LogP contribution in [0.3, 0.4) is 0 Å². The number of ether oxygens (including phenoxy) is 1. The molecular formula is C20H26N4O7S. The lowest BCUT2D eigenvalue weighted by Crippen LogP contribution is -2.70. The molecule has 5 atom stereocenters. The summed E-state index contributed by atoms with van der Waals surface area (Å²) in [6.45, 7) is -0.836. The summed E-state index contributed by atoms with van der Waals surface area (Å²) in [5.41, 5.74) is 7.63. The summed E-state index contributed by atoms with van der Waals surface area (Å²) in [7, 11) is -0.823. The third-order valence-corrected chi connectivity index (χ3v) is 7.23. The van der Waals surface area contributed by atoms with E-state index in [0.717, 1.165) is 5.69 Å². The number of hydrogen-bond donors (Lipinski definition) is 5. The summed E-state index contributed by atoms with van der Waals surface area (Å²) in [4.78, 5) is 1.59. The average Bonchev–Trinajstić information content (AvgIpc) is 2.79. The van der Waals surface area contributed by atoms with Gasteiger partial charge in [-0.1, -0.05) is 0 Å². The zero-order valence-electron chi connectivity index (χ0n) is 17.5. The maximum atomic E-state index is 13.0. The third-order valence-electron chi connectivity index (χ3n) is 5.20. The lowest BCUT2D eigenvalue weighted by Gasteiger charge is -2.45. The van der Waals surface area contributed by atoms with Crippen molar-refractivity contribution in [3.05, 3.63) is 48.5 Å². The predicted molar refractivity (Wildman–Crippen MR) is 115 cm³/mol. The molecule has 0 bridgehead atoms. The number of anilines is 1. The molecular weight excluding hydrogens is 440 g/mol. The van der Waals surface area contributed by atoms with Crippen LogP contribution < -0.4 is 10.6 Å². The van der Waals surface area contributed by atoms with E-state index in [-0.39, 0.29) is 4.90 Å². The van der Waals surface area contributed by atoms with Gasteiger partial charge in [-0.15, -0.1) is 0 Å². The van der Waals surface area contributed by atoms with Gasteiger partial charge in [-0.2, -0.15) is 10.2 Å². The molecule has 6 N–H and O–H groups in total. The molecule has 1 aliphatic heterocycles. The normalized spacial score (nSPS) is 28.7.